The first-order valence-corrected chi connectivity index (χ1v) is 11.0. The Kier molecular flexibility index (Phi) is 5.15. The van der Waals surface area contributed by atoms with Crippen LogP contribution < -0.4 is 9.64 Å². The Morgan fingerprint density at radius 2 is 1.97 bits per heavy atom. The molecule has 1 aliphatic heterocycles. The topological polar surface area (TPSA) is 84.6 Å². The summed E-state index contributed by atoms with van der Waals surface area (Å²) in [7, 11) is 0. The summed E-state index contributed by atoms with van der Waals surface area (Å²) in [5.41, 5.74) is 0.906. The Balaban J connectivity index is 1.20. The first-order chi connectivity index (χ1) is 15.6. The number of alkyl halides is 2. The van der Waals surface area contributed by atoms with Gasteiger partial charge in [0.15, 0.2) is 5.58 Å². The molecule has 8 nitrogen and oxygen atoms in total. The minimum atomic E-state index is -2.69. The molecule has 1 saturated carbocycles. The van der Waals surface area contributed by atoms with Crippen molar-refractivity contribution in [2.45, 2.75) is 26.2 Å². The molecule has 4 heterocycles. The van der Waals surface area contributed by atoms with Gasteiger partial charge in [-0.3, -0.25) is 4.79 Å². The van der Waals surface area contributed by atoms with E-state index >= 15 is 0 Å². The predicted octanol–water partition coefficient (Wildman–Crippen LogP) is 3.97. The minimum absolute atomic E-state index is 0.110. The molecule has 1 amide bonds. The van der Waals surface area contributed by atoms with Gasteiger partial charge in [-0.25, -0.2) is 18.7 Å². The zero-order valence-corrected chi connectivity index (χ0v) is 18.9. The van der Waals surface area contributed by atoms with Crippen molar-refractivity contribution in [1.29, 1.82) is 0 Å². The maximum atomic E-state index is 13.4. The molecule has 33 heavy (non-hydrogen) atoms. The minimum Gasteiger partial charge on any atom is -0.477 e. The van der Waals surface area contributed by atoms with Crippen LogP contribution in [0.5, 0.6) is 5.88 Å². The molecule has 3 aromatic heterocycles. The molecule has 0 bridgehead atoms. The number of oxazole rings is 1. The predicted molar refractivity (Wildman–Crippen MR) is 117 cm³/mol. The van der Waals surface area contributed by atoms with Crippen molar-refractivity contribution in [1.82, 2.24) is 19.9 Å². The highest BCUT2D eigenvalue weighted by Gasteiger charge is 2.68. The lowest BCUT2D eigenvalue weighted by Crippen LogP contribution is -2.49. The highest BCUT2D eigenvalue weighted by Crippen LogP contribution is 2.60. The van der Waals surface area contributed by atoms with E-state index in [0.717, 1.165) is 0 Å². The van der Waals surface area contributed by atoms with Crippen molar-refractivity contribution >= 4 is 34.8 Å². The second-order valence-corrected chi connectivity index (χ2v) is 9.20. The molecule has 0 radical (unpaired) electrons. The number of ether oxygens (including phenoxy) is 1. The van der Waals surface area contributed by atoms with Crippen molar-refractivity contribution in [2.75, 3.05) is 37.7 Å². The summed E-state index contributed by atoms with van der Waals surface area (Å²) >= 11 is 5.90. The quantitative estimate of drug-likeness (QED) is 0.514. The number of rotatable bonds is 5. The van der Waals surface area contributed by atoms with E-state index in [1.807, 2.05) is 4.90 Å². The first kappa shape index (κ1) is 21.8. The number of aromatic nitrogens is 3. The maximum Gasteiger partial charge on any atom is 0.300 e. The zero-order valence-electron chi connectivity index (χ0n) is 18.1. The van der Waals surface area contributed by atoms with E-state index in [2.05, 4.69) is 15.0 Å². The van der Waals surface area contributed by atoms with Crippen LogP contribution in [0.4, 0.5) is 14.8 Å². The van der Waals surface area contributed by atoms with E-state index in [4.69, 9.17) is 20.8 Å². The number of carbonyl (C=O) groups excluding carboxylic acids is 1. The summed E-state index contributed by atoms with van der Waals surface area (Å²) in [5, 5.41) is 0.345. The number of anilines is 1. The van der Waals surface area contributed by atoms with Crippen molar-refractivity contribution in [3.8, 4) is 5.88 Å². The molecule has 0 aromatic carbocycles. The third-order valence-electron chi connectivity index (χ3n) is 6.22. The second-order valence-electron chi connectivity index (χ2n) is 8.81. The van der Waals surface area contributed by atoms with Crippen LogP contribution in [-0.4, -0.2) is 64.5 Å². The monoisotopic (exact) mass is 477 g/mol. The highest BCUT2D eigenvalue weighted by molar-refractivity contribution is 6.29. The number of hydrogen-bond donors (Lipinski definition) is 0. The average molecular weight is 478 g/mol. The van der Waals surface area contributed by atoms with Gasteiger partial charge in [-0.1, -0.05) is 18.5 Å². The molecule has 1 atom stereocenters. The van der Waals surface area contributed by atoms with Crippen LogP contribution in [0.1, 0.15) is 29.3 Å². The number of aryl methyl sites for hydroxylation is 1. The Morgan fingerprint density at radius 1 is 1.24 bits per heavy atom. The summed E-state index contributed by atoms with van der Waals surface area (Å²) in [6.07, 6.45) is 1.25. The third-order valence-corrected chi connectivity index (χ3v) is 6.43. The fourth-order valence-corrected chi connectivity index (χ4v) is 4.01. The Morgan fingerprint density at radius 3 is 2.64 bits per heavy atom. The van der Waals surface area contributed by atoms with Crippen LogP contribution in [0.25, 0.3) is 11.2 Å². The van der Waals surface area contributed by atoms with Crippen molar-refractivity contribution in [3.63, 3.8) is 0 Å². The van der Waals surface area contributed by atoms with Crippen LogP contribution in [0.3, 0.4) is 0 Å². The lowest BCUT2D eigenvalue weighted by Gasteiger charge is -2.33. The number of fused-ring (bicyclic) bond motifs is 1. The number of pyridine rings is 2. The fourth-order valence-electron chi connectivity index (χ4n) is 3.86. The van der Waals surface area contributed by atoms with Crippen LogP contribution in [0, 0.1) is 12.3 Å². The summed E-state index contributed by atoms with van der Waals surface area (Å²) in [4.78, 5) is 29.4. The number of piperazine rings is 1. The number of nitrogens with zero attached hydrogens (tertiary/aromatic N) is 5. The standard InChI is InChI=1S/C22H22ClF2N5O3/c1-13-9-14(10-26-18(13)32-12-21(2)11-22(21,24)25)19(31)29-5-7-30(8-6-29)20-28-17-15(33-20)3-4-16(23)27-17/h3-4,9-10H,5-8,11-12H2,1-2H3. The van der Waals surface area contributed by atoms with Gasteiger partial charge in [0.05, 0.1) is 11.0 Å². The van der Waals surface area contributed by atoms with E-state index in [-0.39, 0.29) is 24.8 Å². The number of halogens is 3. The maximum absolute atomic E-state index is 13.4. The molecule has 174 valence electrons. The van der Waals surface area contributed by atoms with E-state index in [0.29, 0.717) is 59.7 Å². The summed E-state index contributed by atoms with van der Waals surface area (Å²) in [6.45, 7) is 5.19. The highest BCUT2D eigenvalue weighted by atomic mass is 35.5. The molecule has 5 rings (SSSR count). The van der Waals surface area contributed by atoms with Gasteiger partial charge in [-0.15, -0.1) is 0 Å². The molecule has 0 spiro atoms. The molecule has 1 aliphatic carbocycles. The SMILES string of the molecule is Cc1cc(C(=O)N2CCN(c3nc4nc(Cl)ccc4o3)CC2)cnc1OCC1(C)CC1(F)F. The zero-order chi connectivity index (χ0) is 23.4. The molecule has 2 fully saturated rings. The molecule has 1 saturated heterocycles. The smallest absolute Gasteiger partial charge is 0.300 e. The average Bonchev–Trinajstić information content (AvgIpc) is 3.09. The summed E-state index contributed by atoms with van der Waals surface area (Å²) in [6, 6.07) is 5.49. The molecule has 0 N–H and O–H groups in total. The Bertz CT molecular complexity index is 1230. The van der Waals surface area contributed by atoms with E-state index < -0.39 is 11.3 Å². The van der Waals surface area contributed by atoms with Crippen molar-refractivity contribution in [2.24, 2.45) is 5.41 Å². The molecule has 3 aromatic rings. The van der Waals surface area contributed by atoms with E-state index in [1.54, 1.807) is 30.0 Å². The lowest BCUT2D eigenvalue weighted by molar-refractivity contribution is 0.0489. The Labute approximate surface area is 193 Å². The number of hydrogen-bond acceptors (Lipinski definition) is 7. The Hall–Kier alpha value is -3.01. The van der Waals surface area contributed by atoms with E-state index in [1.165, 1.54) is 13.1 Å². The summed E-state index contributed by atoms with van der Waals surface area (Å²) < 4.78 is 38.1. The first-order valence-electron chi connectivity index (χ1n) is 10.6. The lowest BCUT2D eigenvalue weighted by atomic mass is 10.1. The van der Waals surface area contributed by atoms with Gasteiger partial charge in [0.25, 0.3) is 17.8 Å². The normalized spacial score (nSPS) is 22.0. The van der Waals surface area contributed by atoms with Gasteiger partial charge in [-0.2, -0.15) is 4.98 Å². The number of carbonyl (C=O) groups is 1. The summed E-state index contributed by atoms with van der Waals surface area (Å²) in [5.74, 6) is -2.58. The van der Waals surface area contributed by atoms with E-state index in [9.17, 15) is 13.6 Å². The molecular formula is C22H22ClF2N5O3. The van der Waals surface area contributed by atoms with Gasteiger partial charge in [0, 0.05) is 44.4 Å². The largest absolute Gasteiger partial charge is 0.477 e. The third kappa shape index (κ3) is 4.07. The van der Waals surface area contributed by atoms with Gasteiger partial charge in [0.2, 0.25) is 11.5 Å². The molecular weight excluding hydrogens is 456 g/mol. The molecule has 11 heteroatoms. The molecule has 1 unspecified atom stereocenters. The van der Waals surface area contributed by atoms with Crippen LogP contribution in [-0.2, 0) is 0 Å². The van der Waals surface area contributed by atoms with Gasteiger partial charge in [0.1, 0.15) is 11.8 Å². The van der Waals surface area contributed by atoms with Gasteiger partial charge < -0.3 is 19.0 Å². The van der Waals surface area contributed by atoms with Crippen LogP contribution in [0.15, 0.2) is 28.8 Å². The van der Waals surface area contributed by atoms with Gasteiger partial charge >= 0.3 is 0 Å². The number of amides is 1. The second kappa shape index (κ2) is 7.79. The van der Waals surface area contributed by atoms with Crippen molar-refractivity contribution < 1.29 is 22.7 Å². The van der Waals surface area contributed by atoms with Crippen molar-refractivity contribution in [3.05, 3.63) is 40.7 Å². The van der Waals surface area contributed by atoms with Crippen LogP contribution in [0.2, 0.25) is 5.15 Å². The molecule has 2 aliphatic rings. The fraction of sp³-hybridized carbons (Fsp3) is 0.455. The van der Waals surface area contributed by atoms with Gasteiger partial charge in [-0.05, 0) is 25.1 Å². The van der Waals surface area contributed by atoms with Crippen LogP contribution >= 0.6 is 11.6 Å².